The van der Waals surface area contributed by atoms with Crippen molar-refractivity contribution in [2.75, 3.05) is 7.11 Å². The molecule has 0 fully saturated rings. The van der Waals surface area contributed by atoms with Gasteiger partial charge in [-0.3, -0.25) is 0 Å². The zero-order chi connectivity index (χ0) is 17.5. The molecule has 3 nitrogen and oxygen atoms in total. The third kappa shape index (κ3) is 4.48. The maximum Gasteiger partial charge on any atom is 0.337 e. The fourth-order valence-corrected chi connectivity index (χ4v) is 2.63. The van der Waals surface area contributed by atoms with E-state index in [2.05, 4.69) is 6.07 Å². The molecule has 126 valence electrons. The molecule has 0 radical (unpaired) electrons. The number of hydrogen-bond donors (Lipinski definition) is 0. The Hall–Kier alpha value is -3.07. The molecule has 0 bridgehead atoms. The quantitative estimate of drug-likeness (QED) is 0.593. The van der Waals surface area contributed by atoms with Gasteiger partial charge in [0.1, 0.15) is 11.5 Å². The number of rotatable bonds is 6. The van der Waals surface area contributed by atoms with Gasteiger partial charge in [-0.2, -0.15) is 0 Å². The summed E-state index contributed by atoms with van der Waals surface area (Å²) < 4.78 is 10.7. The predicted molar refractivity (Wildman–Crippen MR) is 98.1 cm³/mol. The second-order valence-electron chi connectivity index (χ2n) is 5.71. The molecule has 0 aliphatic rings. The highest BCUT2D eigenvalue weighted by atomic mass is 16.5. The summed E-state index contributed by atoms with van der Waals surface area (Å²) in [6, 6.07) is 25.4. The van der Waals surface area contributed by atoms with Gasteiger partial charge in [0.05, 0.1) is 12.7 Å². The molecule has 0 amide bonds. The van der Waals surface area contributed by atoms with Crippen LogP contribution in [0.25, 0.3) is 0 Å². The number of aryl methyl sites for hydroxylation is 2. The second kappa shape index (κ2) is 8.15. The van der Waals surface area contributed by atoms with E-state index >= 15 is 0 Å². The number of carbonyl (C=O) groups excluding carboxylic acids is 1. The van der Waals surface area contributed by atoms with Gasteiger partial charge in [0.25, 0.3) is 0 Å². The molecule has 0 unspecified atom stereocenters. The average Bonchev–Trinajstić information content (AvgIpc) is 2.68. The minimum atomic E-state index is -0.312. The number of carbonyl (C=O) groups is 1. The van der Waals surface area contributed by atoms with Gasteiger partial charge in [-0.15, -0.1) is 0 Å². The molecule has 3 heteroatoms. The normalized spacial score (nSPS) is 10.3. The topological polar surface area (TPSA) is 35.5 Å². The zero-order valence-corrected chi connectivity index (χ0v) is 14.1. The van der Waals surface area contributed by atoms with Crippen LogP contribution in [0.2, 0.25) is 0 Å². The SMILES string of the molecule is COC(=O)c1ccc(CCc2ccccc2Oc2ccccc2)cc1. The number of methoxy groups -OCH3 is 1. The molecule has 0 heterocycles. The van der Waals surface area contributed by atoms with Crippen molar-refractivity contribution in [3.05, 3.63) is 95.6 Å². The molecule has 0 saturated heterocycles. The first-order valence-corrected chi connectivity index (χ1v) is 8.24. The first-order valence-electron chi connectivity index (χ1n) is 8.24. The fraction of sp³-hybridized carbons (Fsp3) is 0.136. The van der Waals surface area contributed by atoms with Gasteiger partial charge in [-0.1, -0.05) is 48.5 Å². The maximum atomic E-state index is 11.5. The number of para-hydroxylation sites is 2. The number of ether oxygens (including phenoxy) is 2. The van der Waals surface area contributed by atoms with E-state index in [1.165, 1.54) is 12.7 Å². The van der Waals surface area contributed by atoms with E-state index in [1.54, 1.807) is 12.1 Å². The molecule has 25 heavy (non-hydrogen) atoms. The number of benzene rings is 3. The fourth-order valence-electron chi connectivity index (χ4n) is 2.63. The second-order valence-corrected chi connectivity index (χ2v) is 5.71. The molecule has 0 aliphatic carbocycles. The van der Waals surface area contributed by atoms with Gasteiger partial charge in [0, 0.05) is 0 Å². The summed E-state index contributed by atoms with van der Waals surface area (Å²) in [6.07, 6.45) is 1.73. The van der Waals surface area contributed by atoms with Gasteiger partial charge in [0.15, 0.2) is 0 Å². The Kier molecular flexibility index (Phi) is 5.47. The molecule has 0 saturated carbocycles. The minimum Gasteiger partial charge on any atom is -0.465 e. The summed E-state index contributed by atoms with van der Waals surface area (Å²) in [7, 11) is 1.39. The molecular formula is C22H20O3. The van der Waals surface area contributed by atoms with E-state index in [9.17, 15) is 4.79 Å². The van der Waals surface area contributed by atoms with Gasteiger partial charge < -0.3 is 9.47 Å². The standard InChI is InChI=1S/C22H20O3/c1-24-22(23)19-15-12-17(13-16-19)11-14-18-7-5-6-10-21(18)25-20-8-3-2-4-9-20/h2-10,12-13,15-16H,11,14H2,1H3. The van der Waals surface area contributed by atoms with Gasteiger partial charge in [0.2, 0.25) is 0 Å². The third-order valence-corrected chi connectivity index (χ3v) is 4.00. The van der Waals surface area contributed by atoms with Crippen LogP contribution >= 0.6 is 0 Å². The Balaban J connectivity index is 1.68. The lowest BCUT2D eigenvalue weighted by atomic mass is 10.0. The first kappa shape index (κ1) is 16.8. The molecular weight excluding hydrogens is 312 g/mol. The van der Waals surface area contributed by atoms with Gasteiger partial charge >= 0.3 is 5.97 Å². The van der Waals surface area contributed by atoms with Crippen LogP contribution in [0.5, 0.6) is 11.5 Å². The zero-order valence-electron chi connectivity index (χ0n) is 14.1. The van der Waals surface area contributed by atoms with Crippen molar-refractivity contribution >= 4 is 5.97 Å². The Morgan fingerprint density at radius 3 is 2.20 bits per heavy atom. The van der Waals surface area contributed by atoms with Crippen molar-refractivity contribution < 1.29 is 14.3 Å². The molecule has 3 aromatic rings. The van der Waals surface area contributed by atoms with E-state index in [0.29, 0.717) is 5.56 Å². The van der Waals surface area contributed by atoms with Crippen molar-refractivity contribution in [1.82, 2.24) is 0 Å². The Morgan fingerprint density at radius 1 is 0.800 bits per heavy atom. The monoisotopic (exact) mass is 332 g/mol. The summed E-state index contributed by atoms with van der Waals surface area (Å²) in [6.45, 7) is 0. The Labute approximate surface area is 147 Å². The highest BCUT2D eigenvalue weighted by Crippen LogP contribution is 2.26. The summed E-state index contributed by atoms with van der Waals surface area (Å²) in [4.78, 5) is 11.5. The van der Waals surface area contributed by atoms with Crippen LogP contribution in [-0.2, 0) is 17.6 Å². The number of hydrogen-bond acceptors (Lipinski definition) is 3. The third-order valence-electron chi connectivity index (χ3n) is 4.00. The van der Waals surface area contributed by atoms with E-state index < -0.39 is 0 Å². The molecule has 0 atom stereocenters. The van der Waals surface area contributed by atoms with Crippen molar-refractivity contribution in [1.29, 1.82) is 0 Å². The van der Waals surface area contributed by atoms with E-state index in [0.717, 1.165) is 29.9 Å². The Morgan fingerprint density at radius 2 is 1.48 bits per heavy atom. The first-order chi connectivity index (χ1) is 12.3. The lowest BCUT2D eigenvalue weighted by molar-refractivity contribution is 0.0600. The highest BCUT2D eigenvalue weighted by Gasteiger charge is 2.07. The molecule has 3 aromatic carbocycles. The summed E-state index contributed by atoms with van der Waals surface area (Å²) in [5, 5.41) is 0. The van der Waals surface area contributed by atoms with Crippen molar-refractivity contribution in [2.24, 2.45) is 0 Å². The summed E-state index contributed by atoms with van der Waals surface area (Å²) in [5.41, 5.74) is 2.89. The van der Waals surface area contributed by atoms with Crippen molar-refractivity contribution in [3.8, 4) is 11.5 Å². The smallest absolute Gasteiger partial charge is 0.337 e. The average molecular weight is 332 g/mol. The van der Waals surface area contributed by atoms with E-state index in [1.807, 2.05) is 60.7 Å². The maximum absolute atomic E-state index is 11.5. The van der Waals surface area contributed by atoms with Crippen LogP contribution in [-0.4, -0.2) is 13.1 Å². The van der Waals surface area contributed by atoms with Crippen molar-refractivity contribution in [3.63, 3.8) is 0 Å². The van der Waals surface area contributed by atoms with Crippen LogP contribution < -0.4 is 4.74 Å². The van der Waals surface area contributed by atoms with Gasteiger partial charge in [-0.25, -0.2) is 4.79 Å². The molecule has 0 aliphatic heterocycles. The number of esters is 1. The van der Waals surface area contributed by atoms with Gasteiger partial charge in [-0.05, 0) is 54.3 Å². The lowest BCUT2D eigenvalue weighted by Crippen LogP contribution is -2.01. The van der Waals surface area contributed by atoms with Crippen LogP contribution in [0, 0.1) is 0 Å². The minimum absolute atomic E-state index is 0.312. The Bertz CT molecular complexity index is 823. The molecule has 0 N–H and O–H groups in total. The molecule has 0 spiro atoms. The lowest BCUT2D eigenvalue weighted by Gasteiger charge is -2.11. The highest BCUT2D eigenvalue weighted by molar-refractivity contribution is 5.89. The van der Waals surface area contributed by atoms with E-state index in [-0.39, 0.29) is 5.97 Å². The summed E-state index contributed by atoms with van der Waals surface area (Å²) in [5.74, 6) is 1.39. The van der Waals surface area contributed by atoms with Crippen LogP contribution in [0.3, 0.4) is 0 Å². The predicted octanol–water partition coefficient (Wildman–Crippen LogP) is 5.05. The molecule has 3 rings (SSSR count). The van der Waals surface area contributed by atoms with Crippen LogP contribution in [0.4, 0.5) is 0 Å². The van der Waals surface area contributed by atoms with Crippen molar-refractivity contribution in [2.45, 2.75) is 12.8 Å². The van der Waals surface area contributed by atoms with Crippen LogP contribution in [0.15, 0.2) is 78.9 Å². The molecule has 0 aromatic heterocycles. The van der Waals surface area contributed by atoms with Crippen LogP contribution in [0.1, 0.15) is 21.5 Å². The summed E-state index contributed by atoms with van der Waals surface area (Å²) >= 11 is 0. The van der Waals surface area contributed by atoms with E-state index in [4.69, 9.17) is 9.47 Å². The largest absolute Gasteiger partial charge is 0.465 e.